The fourth-order valence-corrected chi connectivity index (χ4v) is 2.17. The van der Waals surface area contributed by atoms with Gasteiger partial charge in [0.1, 0.15) is 0 Å². The molecule has 0 aromatic heterocycles. The van der Waals surface area contributed by atoms with Crippen molar-refractivity contribution in [2.75, 3.05) is 6.54 Å². The van der Waals surface area contributed by atoms with Gasteiger partial charge in [-0.15, -0.1) is 0 Å². The number of hydrogen-bond donors (Lipinski definition) is 1. The monoisotopic (exact) mass is 261 g/mol. The third kappa shape index (κ3) is 2.99. The Labute approximate surface area is 112 Å². The van der Waals surface area contributed by atoms with Crippen molar-refractivity contribution in [3.63, 3.8) is 0 Å². The first-order chi connectivity index (χ1) is 9.13. The number of hydrogen-bond acceptors (Lipinski definition) is 1. The van der Waals surface area contributed by atoms with Gasteiger partial charge in [0.25, 0.3) is 0 Å². The van der Waals surface area contributed by atoms with Crippen molar-refractivity contribution in [1.29, 1.82) is 0 Å². The van der Waals surface area contributed by atoms with Crippen molar-refractivity contribution in [3.8, 4) is 0 Å². The van der Waals surface area contributed by atoms with Crippen LogP contribution in [0.5, 0.6) is 0 Å². The zero-order valence-corrected chi connectivity index (χ0v) is 10.9. The first-order valence-corrected chi connectivity index (χ1v) is 6.32. The van der Waals surface area contributed by atoms with Gasteiger partial charge in [0.15, 0.2) is 11.6 Å². The number of benzene rings is 2. The third-order valence-electron chi connectivity index (χ3n) is 3.38. The van der Waals surface area contributed by atoms with Gasteiger partial charge in [0.2, 0.25) is 0 Å². The van der Waals surface area contributed by atoms with Gasteiger partial charge in [-0.3, -0.25) is 0 Å². The summed E-state index contributed by atoms with van der Waals surface area (Å²) in [4.78, 5) is 0. The third-order valence-corrected chi connectivity index (χ3v) is 3.38. The molecule has 0 amide bonds. The van der Waals surface area contributed by atoms with Crippen LogP contribution in [0.4, 0.5) is 8.78 Å². The van der Waals surface area contributed by atoms with E-state index >= 15 is 0 Å². The van der Waals surface area contributed by atoms with Crippen molar-refractivity contribution in [3.05, 3.63) is 70.8 Å². The highest BCUT2D eigenvalue weighted by atomic mass is 19.2. The van der Waals surface area contributed by atoms with Gasteiger partial charge in [0.05, 0.1) is 0 Å². The molecular formula is C16H17F2N. The first-order valence-electron chi connectivity index (χ1n) is 6.32. The van der Waals surface area contributed by atoms with E-state index in [0.717, 1.165) is 5.56 Å². The van der Waals surface area contributed by atoms with Crippen molar-refractivity contribution in [2.24, 2.45) is 5.73 Å². The van der Waals surface area contributed by atoms with E-state index in [1.165, 1.54) is 0 Å². The quantitative estimate of drug-likeness (QED) is 0.894. The Hall–Kier alpha value is -1.74. The van der Waals surface area contributed by atoms with E-state index in [2.05, 4.69) is 0 Å². The predicted octanol–water partition coefficient (Wildman–Crippen LogP) is 3.56. The second kappa shape index (κ2) is 5.93. The molecule has 3 heteroatoms. The largest absolute Gasteiger partial charge is 0.330 e. The second-order valence-electron chi connectivity index (χ2n) is 4.72. The summed E-state index contributed by atoms with van der Waals surface area (Å²) in [5.74, 6) is -1.52. The van der Waals surface area contributed by atoms with Gasteiger partial charge in [-0.1, -0.05) is 42.5 Å². The molecule has 1 nitrogen and oxygen atoms in total. The summed E-state index contributed by atoms with van der Waals surface area (Å²) in [5, 5.41) is 0. The smallest absolute Gasteiger partial charge is 0.162 e. The van der Waals surface area contributed by atoms with Gasteiger partial charge >= 0.3 is 0 Å². The van der Waals surface area contributed by atoms with Crippen LogP contribution >= 0.6 is 0 Å². The van der Waals surface area contributed by atoms with Crippen LogP contribution in [0.25, 0.3) is 0 Å². The van der Waals surface area contributed by atoms with Crippen LogP contribution in [0.2, 0.25) is 0 Å². The minimum Gasteiger partial charge on any atom is -0.330 e. The van der Waals surface area contributed by atoms with Crippen LogP contribution in [0.15, 0.2) is 42.5 Å². The molecule has 0 spiro atoms. The second-order valence-corrected chi connectivity index (χ2v) is 4.72. The van der Waals surface area contributed by atoms with Crippen LogP contribution in [0.1, 0.15) is 22.6 Å². The molecule has 0 aliphatic heterocycles. The molecule has 2 N–H and O–H groups in total. The molecule has 0 bridgehead atoms. The summed E-state index contributed by atoms with van der Waals surface area (Å²) in [5.41, 5.74) is 7.50. The minimum absolute atomic E-state index is 0.00203. The summed E-state index contributed by atoms with van der Waals surface area (Å²) in [6, 6.07) is 12.9. The maximum absolute atomic E-state index is 13.9. The van der Waals surface area contributed by atoms with E-state index in [4.69, 9.17) is 5.73 Å². The number of rotatable bonds is 4. The Morgan fingerprint density at radius 1 is 1.00 bits per heavy atom. The number of aryl methyl sites for hydroxylation is 1. The number of nitrogens with two attached hydrogens (primary N) is 1. The SMILES string of the molecule is Cc1ccc(CC(CN)c2ccccc2)c(F)c1F. The van der Waals surface area contributed by atoms with E-state index in [0.29, 0.717) is 24.1 Å². The van der Waals surface area contributed by atoms with Crippen LogP contribution in [0.3, 0.4) is 0 Å². The van der Waals surface area contributed by atoms with E-state index in [1.807, 2.05) is 30.3 Å². The average molecular weight is 261 g/mol. The maximum Gasteiger partial charge on any atom is 0.162 e. The van der Waals surface area contributed by atoms with E-state index in [-0.39, 0.29) is 5.92 Å². The van der Waals surface area contributed by atoms with E-state index < -0.39 is 11.6 Å². The highest BCUT2D eigenvalue weighted by molar-refractivity contribution is 5.29. The van der Waals surface area contributed by atoms with Gasteiger partial charge < -0.3 is 5.73 Å². The lowest BCUT2D eigenvalue weighted by Gasteiger charge is -2.16. The molecule has 19 heavy (non-hydrogen) atoms. The molecule has 1 unspecified atom stereocenters. The van der Waals surface area contributed by atoms with Crippen molar-refractivity contribution in [1.82, 2.24) is 0 Å². The lowest BCUT2D eigenvalue weighted by molar-refractivity contribution is 0.488. The van der Waals surface area contributed by atoms with Crippen LogP contribution in [0, 0.1) is 18.6 Å². The highest BCUT2D eigenvalue weighted by Crippen LogP contribution is 2.23. The molecule has 2 rings (SSSR count). The summed E-state index contributed by atoms with van der Waals surface area (Å²) < 4.78 is 27.4. The highest BCUT2D eigenvalue weighted by Gasteiger charge is 2.16. The Bertz CT molecular complexity index is 552. The van der Waals surface area contributed by atoms with Crippen molar-refractivity contribution >= 4 is 0 Å². The molecule has 2 aromatic carbocycles. The first kappa shape index (κ1) is 13.7. The predicted molar refractivity (Wildman–Crippen MR) is 73.0 cm³/mol. The maximum atomic E-state index is 13.9. The van der Waals surface area contributed by atoms with Gasteiger partial charge in [-0.25, -0.2) is 8.78 Å². The van der Waals surface area contributed by atoms with Crippen molar-refractivity contribution in [2.45, 2.75) is 19.3 Å². The summed E-state index contributed by atoms with van der Waals surface area (Å²) in [6.45, 7) is 1.96. The molecular weight excluding hydrogens is 244 g/mol. The molecule has 0 aliphatic rings. The molecule has 0 saturated heterocycles. The van der Waals surface area contributed by atoms with Crippen LogP contribution in [-0.2, 0) is 6.42 Å². The zero-order valence-electron chi connectivity index (χ0n) is 10.9. The molecule has 100 valence electrons. The van der Waals surface area contributed by atoms with Gasteiger partial charge in [-0.05, 0) is 36.6 Å². The summed E-state index contributed by atoms with van der Waals surface area (Å²) in [7, 11) is 0. The Kier molecular flexibility index (Phi) is 4.27. The average Bonchev–Trinajstić information content (AvgIpc) is 2.45. The topological polar surface area (TPSA) is 26.0 Å². The molecule has 0 fully saturated rings. The molecule has 0 aliphatic carbocycles. The zero-order chi connectivity index (χ0) is 13.8. The lowest BCUT2D eigenvalue weighted by Crippen LogP contribution is -2.16. The standard InChI is InChI=1S/C16H17F2N/c1-11-7-8-13(16(18)15(11)17)9-14(10-19)12-5-3-2-4-6-12/h2-8,14H,9-10,19H2,1H3. The van der Waals surface area contributed by atoms with E-state index in [9.17, 15) is 8.78 Å². The summed E-state index contributed by atoms with van der Waals surface area (Å²) >= 11 is 0. The Balaban J connectivity index is 2.27. The van der Waals surface area contributed by atoms with Gasteiger partial charge in [0, 0.05) is 5.92 Å². The minimum atomic E-state index is -0.763. The molecule has 0 heterocycles. The van der Waals surface area contributed by atoms with Crippen LogP contribution < -0.4 is 5.73 Å². The molecule has 0 radical (unpaired) electrons. The molecule has 2 aromatic rings. The summed E-state index contributed by atoms with van der Waals surface area (Å²) in [6.07, 6.45) is 0.406. The fourth-order valence-electron chi connectivity index (χ4n) is 2.17. The molecule has 1 atom stereocenters. The number of halogens is 2. The van der Waals surface area contributed by atoms with Crippen LogP contribution in [-0.4, -0.2) is 6.54 Å². The van der Waals surface area contributed by atoms with Crippen molar-refractivity contribution < 1.29 is 8.78 Å². The molecule has 0 saturated carbocycles. The lowest BCUT2D eigenvalue weighted by atomic mass is 9.91. The Morgan fingerprint density at radius 3 is 2.32 bits per heavy atom. The Morgan fingerprint density at radius 2 is 1.68 bits per heavy atom. The van der Waals surface area contributed by atoms with Gasteiger partial charge in [-0.2, -0.15) is 0 Å². The van der Waals surface area contributed by atoms with E-state index in [1.54, 1.807) is 19.1 Å². The fraction of sp³-hybridized carbons (Fsp3) is 0.250. The normalized spacial score (nSPS) is 12.4.